The van der Waals surface area contributed by atoms with Crippen molar-refractivity contribution in [2.45, 2.75) is 224 Å². The van der Waals surface area contributed by atoms with Gasteiger partial charge in [-0.25, -0.2) is 4.57 Å². The first-order valence-corrected chi connectivity index (χ1v) is 26.9. The summed E-state index contributed by atoms with van der Waals surface area (Å²) in [5.41, 5.74) is 0. The van der Waals surface area contributed by atoms with Crippen molar-refractivity contribution in [3.63, 3.8) is 0 Å². The minimum absolute atomic E-state index is 0.0906. The largest absolute Gasteiger partial charge is 0.472 e. The van der Waals surface area contributed by atoms with Crippen molar-refractivity contribution in [1.82, 2.24) is 0 Å². The van der Waals surface area contributed by atoms with Crippen molar-refractivity contribution >= 4 is 13.8 Å². The summed E-state index contributed by atoms with van der Waals surface area (Å²) in [7, 11) is -5.03. The molecule has 0 bridgehead atoms. The first kappa shape index (κ1) is 61.5. The highest BCUT2D eigenvalue weighted by atomic mass is 31.2. The summed E-state index contributed by atoms with van der Waals surface area (Å²) in [4.78, 5) is 23.2. The van der Waals surface area contributed by atoms with E-state index in [9.17, 15) is 39.8 Å². The van der Waals surface area contributed by atoms with Gasteiger partial charge in [0.15, 0.2) is 0 Å². The van der Waals surface area contributed by atoms with Crippen molar-refractivity contribution in [1.29, 1.82) is 0 Å². The highest BCUT2D eigenvalue weighted by Crippen LogP contribution is 2.47. The summed E-state index contributed by atoms with van der Waals surface area (Å²) in [5.74, 6) is -0.498. The molecule has 13 heteroatoms. The topological polar surface area (TPSA) is 192 Å². The molecule has 0 aromatic rings. The second-order valence-electron chi connectivity index (χ2n) is 17.3. The van der Waals surface area contributed by atoms with E-state index < -0.39 is 63.1 Å². The third kappa shape index (κ3) is 33.9. The Bertz CT molecular complexity index is 1410. The lowest BCUT2D eigenvalue weighted by Gasteiger charge is -2.41. The van der Waals surface area contributed by atoms with E-state index in [1.807, 2.05) is 0 Å². The van der Waals surface area contributed by atoms with Crippen molar-refractivity contribution in [3.05, 3.63) is 85.1 Å². The standard InChI is InChI=1S/C53H91O12P/c1-3-5-7-9-11-13-15-17-19-20-21-22-23-24-25-26-27-29-31-33-35-37-39-41-43-62-44-46(45-63-66(60,61)65-53-51(58)49(56)48(55)50(57)52(53)59)64-47(54)42-40-38-36-34-32-30-28-18-16-14-12-10-8-6-4-2/h5-8,11-14,17-19,21-22,28,46,48-53,55-59H,3-4,9-10,15-16,20,23-27,29-45H2,1-2H3,(H,60,61)/b7-5-,8-6-,13-11-,14-12-,19-17-,22-21-,28-18-. The van der Waals surface area contributed by atoms with Crippen LogP contribution in [0.4, 0.5) is 0 Å². The molecule has 6 N–H and O–H groups in total. The SMILES string of the molecule is CC/C=C\C/C=C\C/C=C\C/C=C\CCCCCCCCCCCCCOCC(COP(=O)(O)OC1C(O)C(O)C(O)C(O)C1O)OC(=O)CCCCCCC/C=C\C/C=C\C/C=C\CC. The van der Waals surface area contributed by atoms with Crippen LogP contribution in [0.2, 0.25) is 0 Å². The molecule has 6 unspecified atom stereocenters. The lowest BCUT2D eigenvalue weighted by atomic mass is 9.85. The molecule has 1 rings (SSSR count). The van der Waals surface area contributed by atoms with Gasteiger partial charge < -0.3 is 39.9 Å². The van der Waals surface area contributed by atoms with Crippen LogP contribution in [0.15, 0.2) is 85.1 Å². The van der Waals surface area contributed by atoms with Crippen molar-refractivity contribution in [2.24, 2.45) is 0 Å². The molecular weight excluding hydrogens is 860 g/mol. The third-order valence-corrected chi connectivity index (χ3v) is 12.2. The monoisotopic (exact) mass is 951 g/mol. The van der Waals surface area contributed by atoms with E-state index in [2.05, 4.69) is 98.9 Å². The second-order valence-corrected chi connectivity index (χ2v) is 18.7. The maximum Gasteiger partial charge on any atom is 0.472 e. The number of carbonyl (C=O) groups is 1. The molecule has 0 aliphatic heterocycles. The summed E-state index contributed by atoms with van der Waals surface area (Å²) < 4.78 is 34.3. The number of phosphoric ester groups is 1. The molecule has 0 saturated heterocycles. The molecule has 12 nitrogen and oxygen atoms in total. The Morgan fingerprint density at radius 3 is 1.29 bits per heavy atom. The van der Waals surface area contributed by atoms with E-state index >= 15 is 0 Å². The molecular formula is C53H91O12P. The van der Waals surface area contributed by atoms with Crippen LogP contribution in [0.25, 0.3) is 0 Å². The van der Waals surface area contributed by atoms with Gasteiger partial charge in [0, 0.05) is 13.0 Å². The summed E-state index contributed by atoms with van der Waals surface area (Å²) in [6.45, 7) is 4.01. The maximum absolute atomic E-state index is 12.8. The van der Waals surface area contributed by atoms with Gasteiger partial charge in [-0.05, 0) is 83.5 Å². The van der Waals surface area contributed by atoms with Crippen LogP contribution >= 0.6 is 7.82 Å². The van der Waals surface area contributed by atoms with Crippen LogP contribution in [-0.2, 0) is 27.9 Å². The molecule has 1 saturated carbocycles. The second kappa shape index (κ2) is 42.6. The zero-order chi connectivity index (χ0) is 48.4. The van der Waals surface area contributed by atoms with E-state index in [4.69, 9.17) is 18.5 Å². The van der Waals surface area contributed by atoms with Gasteiger partial charge in [0.25, 0.3) is 0 Å². The lowest BCUT2D eigenvalue weighted by molar-refractivity contribution is -0.220. The van der Waals surface area contributed by atoms with Crippen LogP contribution in [0.5, 0.6) is 0 Å². The van der Waals surface area contributed by atoms with Gasteiger partial charge >= 0.3 is 13.8 Å². The van der Waals surface area contributed by atoms with E-state index in [-0.39, 0.29) is 13.0 Å². The van der Waals surface area contributed by atoms with Crippen LogP contribution in [0.3, 0.4) is 0 Å². The number of esters is 1. The minimum atomic E-state index is -5.03. The fraction of sp³-hybridized carbons (Fsp3) is 0.717. The summed E-state index contributed by atoms with van der Waals surface area (Å²) >= 11 is 0. The Kier molecular flexibility index (Phi) is 39.7. The Balaban J connectivity index is 2.33. The third-order valence-electron chi connectivity index (χ3n) is 11.3. The molecule has 66 heavy (non-hydrogen) atoms. The van der Waals surface area contributed by atoms with Gasteiger partial charge in [-0.15, -0.1) is 0 Å². The fourth-order valence-corrected chi connectivity index (χ4v) is 8.27. The van der Waals surface area contributed by atoms with E-state index in [1.54, 1.807) is 0 Å². The number of allylic oxidation sites excluding steroid dienone is 14. The number of carbonyl (C=O) groups excluding carboxylic acids is 1. The molecule has 0 spiro atoms. The Hall–Kier alpha value is -2.48. The Labute approximate surface area is 399 Å². The minimum Gasteiger partial charge on any atom is -0.457 e. The number of hydrogen-bond acceptors (Lipinski definition) is 11. The van der Waals surface area contributed by atoms with Crippen LogP contribution in [-0.4, -0.2) is 98.9 Å². The van der Waals surface area contributed by atoms with Gasteiger partial charge in [0.1, 0.15) is 42.7 Å². The fourth-order valence-electron chi connectivity index (χ4n) is 7.30. The summed E-state index contributed by atoms with van der Waals surface area (Å²) in [6.07, 6.45) is 45.1. The number of aliphatic hydroxyl groups excluding tert-OH is 5. The smallest absolute Gasteiger partial charge is 0.457 e. The zero-order valence-corrected chi connectivity index (χ0v) is 41.6. The van der Waals surface area contributed by atoms with Crippen molar-refractivity contribution < 1.29 is 58.3 Å². The van der Waals surface area contributed by atoms with Gasteiger partial charge in [-0.3, -0.25) is 13.8 Å². The highest BCUT2D eigenvalue weighted by molar-refractivity contribution is 7.47. The molecule has 1 aliphatic rings. The lowest BCUT2D eigenvalue weighted by Crippen LogP contribution is -2.64. The number of ether oxygens (including phenoxy) is 2. The maximum atomic E-state index is 12.8. The molecule has 1 aliphatic carbocycles. The van der Waals surface area contributed by atoms with Gasteiger partial charge in [0.2, 0.25) is 0 Å². The first-order chi connectivity index (χ1) is 32.0. The quantitative estimate of drug-likeness (QED) is 0.0147. The van der Waals surface area contributed by atoms with Gasteiger partial charge in [-0.1, -0.05) is 176 Å². The summed E-state index contributed by atoms with van der Waals surface area (Å²) in [5, 5.41) is 50.3. The number of unbranched alkanes of at least 4 members (excludes halogenated alkanes) is 16. The number of rotatable bonds is 42. The van der Waals surface area contributed by atoms with Gasteiger partial charge in [-0.2, -0.15) is 0 Å². The predicted octanol–water partition coefficient (Wildman–Crippen LogP) is 11.3. The molecule has 0 aromatic heterocycles. The van der Waals surface area contributed by atoms with E-state index in [1.165, 1.54) is 44.9 Å². The normalized spacial score (nSPS) is 22.1. The van der Waals surface area contributed by atoms with E-state index in [0.29, 0.717) is 13.0 Å². The molecule has 0 radical (unpaired) electrons. The van der Waals surface area contributed by atoms with Crippen LogP contribution in [0.1, 0.15) is 181 Å². The molecule has 0 amide bonds. The molecule has 1 fully saturated rings. The average molecular weight is 951 g/mol. The van der Waals surface area contributed by atoms with Crippen molar-refractivity contribution in [2.75, 3.05) is 19.8 Å². The van der Waals surface area contributed by atoms with Gasteiger partial charge in [0.05, 0.1) is 13.2 Å². The Morgan fingerprint density at radius 2 is 0.848 bits per heavy atom. The van der Waals surface area contributed by atoms with Crippen molar-refractivity contribution in [3.8, 4) is 0 Å². The first-order valence-electron chi connectivity index (χ1n) is 25.4. The molecule has 0 aromatic carbocycles. The number of phosphoric acid groups is 1. The van der Waals surface area contributed by atoms with Crippen LogP contribution < -0.4 is 0 Å². The summed E-state index contributed by atoms with van der Waals surface area (Å²) in [6, 6.07) is 0. The van der Waals surface area contributed by atoms with Crippen LogP contribution in [0, 0.1) is 0 Å². The molecule has 380 valence electrons. The predicted molar refractivity (Wildman–Crippen MR) is 267 cm³/mol. The number of aliphatic hydroxyl groups is 5. The average Bonchev–Trinajstić information content (AvgIpc) is 3.30. The number of hydrogen-bond donors (Lipinski definition) is 6. The highest BCUT2D eigenvalue weighted by Gasteiger charge is 2.51. The van der Waals surface area contributed by atoms with E-state index in [0.717, 1.165) is 109 Å². The molecule has 6 atom stereocenters. The Morgan fingerprint density at radius 1 is 0.485 bits per heavy atom. The molecule has 0 heterocycles. The zero-order valence-electron chi connectivity index (χ0n) is 40.7.